The van der Waals surface area contributed by atoms with Gasteiger partial charge in [0, 0.05) is 20.2 Å². The van der Waals surface area contributed by atoms with Crippen LogP contribution in [0.4, 0.5) is 0 Å². The van der Waals surface area contributed by atoms with Gasteiger partial charge < -0.3 is 15.4 Å². The summed E-state index contributed by atoms with van der Waals surface area (Å²) in [6, 6.07) is 0. The fraction of sp³-hybridized carbons (Fsp3) is 0.900. The number of carbonyl (C=O) groups excluding carboxylic acids is 1. The predicted molar refractivity (Wildman–Crippen MR) is 52.8 cm³/mol. The highest BCUT2D eigenvalue weighted by molar-refractivity contribution is 5.87. The summed E-state index contributed by atoms with van der Waals surface area (Å²) < 4.78 is 5.22. The molecule has 80 valence electrons. The van der Waals surface area contributed by atoms with Crippen molar-refractivity contribution in [2.75, 3.05) is 20.2 Å². The normalized spacial score (nSPS) is 30.1. The molecule has 1 unspecified atom stereocenters. The van der Waals surface area contributed by atoms with Crippen LogP contribution >= 0.6 is 0 Å². The minimum Gasteiger partial charge on any atom is -0.380 e. The molecule has 0 bridgehead atoms. The Morgan fingerprint density at radius 3 is 2.71 bits per heavy atom. The maximum Gasteiger partial charge on any atom is 0.242 e. The van der Waals surface area contributed by atoms with Gasteiger partial charge in [-0.25, -0.2) is 0 Å². The second-order valence-corrected chi connectivity index (χ2v) is 4.41. The zero-order valence-corrected chi connectivity index (χ0v) is 8.66. The van der Waals surface area contributed by atoms with Gasteiger partial charge in [0.15, 0.2) is 0 Å². The number of amides is 1. The number of hydrogen-bond acceptors (Lipinski definition) is 3. The Labute approximate surface area is 84.4 Å². The number of nitrogens with zero attached hydrogens (tertiary/aromatic N) is 1. The largest absolute Gasteiger partial charge is 0.380 e. The first-order valence-electron chi connectivity index (χ1n) is 5.27. The minimum atomic E-state index is -0.539. The van der Waals surface area contributed by atoms with Gasteiger partial charge in [-0.1, -0.05) is 0 Å². The minimum absolute atomic E-state index is 0.128. The molecule has 1 atom stereocenters. The average Bonchev–Trinajstić information content (AvgIpc) is 2.61. The highest BCUT2D eigenvalue weighted by atomic mass is 16.5. The van der Waals surface area contributed by atoms with E-state index in [0.29, 0.717) is 6.54 Å². The molecule has 2 aliphatic rings. The van der Waals surface area contributed by atoms with Crippen LogP contribution in [0.15, 0.2) is 0 Å². The molecule has 0 spiro atoms. The van der Waals surface area contributed by atoms with Gasteiger partial charge in [-0.15, -0.1) is 0 Å². The van der Waals surface area contributed by atoms with Crippen LogP contribution < -0.4 is 5.73 Å². The Morgan fingerprint density at radius 1 is 1.57 bits per heavy atom. The Kier molecular flexibility index (Phi) is 2.49. The Hall–Kier alpha value is -0.610. The molecule has 2 N–H and O–H groups in total. The highest BCUT2D eigenvalue weighted by Crippen LogP contribution is 2.32. The lowest BCUT2D eigenvalue weighted by Gasteiger charge is -2.39. The smallest absolute Gasteiger partial charge is 0.242 e. The van der Waals surface area contributed by atoms with Gasteiger partial charge in [0.25, 0.3) is 0 Å². The standard InChI is InChI=1S/C10H18N2O2/c1-14-8-3-6-12(7-8)9(13)10(11)4-2-5-10/h8H,2-7,11H2,1H3. The van der Waals surface area contributed by atoms with Crippen molar-refractivity contribution in [1.82, 2.24) is 4.90 Å². The van der Waals surface area contributed by atoms with Crippen molar-refractivity contribution in [2.45, 2.75) is 37.3 Å². The summed E-state index contributed by atoms with van der Waals surface area (Å²) in [6.07, 6.45) is 3.94. The molecule has 0 radical (unpaired) electrons. The lowest BCUT2D eigenvalue weighted by molar-refractivity contribution is -0.139. The van der Waals surface area contributed by atoms with Crippen LogP contribution in [0.2, 0.25) is 0 Å². The number of carbonyl (C=O) groups is 1. The topological polar surface area (TPSA) is 55.6 Å². The molecule has 4 nitrogen and oxygen atoms in total. The molecule has 0 aromatic rings. The van der Waals surface area contributed by atoms with E-state index >= 15 is 0 Å². The summed E-state index contributed by atoms with van der Waals surface area (Å²) in [6.45, 7) is 1.52. The zero-order valence-electron chi connectivity index (χ0n) is 8.66. The molecule has 1 amide bonds. The van der Waals surface area contributed by atoms with E-state index in [0.717, 1.165) is 32.2 Å². The maximum atomic E-state index is 12.0. The molecule has 2 fully saturated rings. The monoisotopic (exact) mass is 198 g/mol. The molecule has 1 aliphatic carbocycles. The molecule has 2 rings (SSSR count). The van der Waals surface area contributed by atoms with Gasteiger partial charge in [0.1, 0.15) is 0 Å². The third kappa shape index (κ3) is 1.53. The summed E-state index contributed by atoms with van der Waals surface area (Å²) in [5.74, 6) is 0.128. The van der Waals surface area contributed by atoms with Crippen LogP contribution in [-0.2, 0) is 9.53 Å². The zero-order chi connectivity index (χ0) is 10.2. The third-order valence-corrected chi connectivity index (χ3v) is 3.44. The number of rotatable bonds is 2. The number of nitrogens with two attached hydrogens (primary N) is 1. The van der Waals surface area contributed by atoms with Crippen molar-refractivity contribution in [2.24, 2.45) is 5.73 Å². The van der Waals surface area contributed by atoms with Gasteiger partial charge in [0.2, 0.25) is 5.91 Å². The fourth-order valence-electron chi connectivity index (χ4n) is 2.19. The van der Waals surface area contributed by atoms with Crippen molar-refractivity contribution in [3.63, 3.8) is 0 Å². The third-order valence-electron chi connectivity index (χ3n) is 3.44. The summed E-state index contributed by atoms with van der Waals surface area (Å²) in [4.78, 5) is 13.8. The van der Waals surface area contributed by atoms with Gasteiger partial charge in [-0.05, 0) is 25.7 Å². The molecule has 1 heterocycles. The number of hydrogen-bond donors (Lipinski definition) is 1. The van der Waals surface area contributed by atoms with E-state index in [1.165, 1.54) is 0 Å². The number of likely N-dealkylation sites (tertiary alicyclic amines) is 1. The van der Waals surface area contributed by atoms with Crippen LogP contribution in [0.3, 0.4) is 0 Å². The van der Waals surface area contributed by atoms with Gasteiger partial charge in [-0.2, -0.15) is 0 Å². The SMILES string of the molecule is COC1CCN(C(=O)C2(N)CCC2)C1. The van der Waals surface area contributed by atoms with Crippen molar-refractivity contribution in [3.05, 3.63) is 0 Å². The second kappa shape index (κ2) is 3.51. The van der Waals surface area contributed by atoms with Crippen molar-refractivity contribution < 1.29 is 9.53 Å². The van der Waals surface area contributed by atoms with Gasteiger partial charge in [-0.3, -0.25) is 4.79 Å². The molecule has 14 heavy (non-hydrogen) atoms. The molecule has 0 aromatic heterocycles. The summed E-state index contributed by atoms with van der Waals surface area (Å²) in [7, 11) is 1.69. The molecule has 1 saturated carbocycles. The Bertz CT molecular complexity index is 238. The van der Waals surface area contributed by atoms with Crippen molar-refractivity contribution >= 4 is 5.91 Å². The first kappa shape index (κ1) is 9.93. The molecule has 0 aromatic carbocycles. The van der Waals surface area contributed by atoms with E-state index in [1.807, 2.05) is 4.90 Å². The lowest BCUT2D eigenvalue weighted by Crippen LogP contribution is -2.59. The predicted octanol–water partition coefficient (Wildman–Crippen LogP) is 0.115. The van der Waals surface area contributed by atoms with Gasteiger partial charge in [0.05, 0.1) is 11.6 Å². The Morgan fingerprint density at radius 2 is 2.29 bits per heavy atom. The van der Waals surface area contributed by atoms with E-state index < -0.39 is 5.54 Å². The summed E-state index contributed by atoms with van der Waals surface area (Å²) in [5.41, 5.74) is 5.44. The number of methoxy groups -OCH3 is 1. The van der Waals surface area contributed by atoms with E-state index in [1.54, 1.807) is 7.11 Å². The van der Waals surface area contributed by atoms with E-state index in [9.17, 15) is 4.79 Å². The molecular formula is C10H18N2O2. The summed E-state index contributed by atoms with van der Waals surface area (Å²) in [5, 5.41) is 0. The fourth-order valence-corrected chi connectivity index (χ4v) is 2.19. The van der Waals surface area contributed by atoms with Crippen LogP contribution in [0.5, 0.6) is 0 Å². The van der Waals surface area contributed by atoms with Crippen LogP contribution in [0.25, 0.3) is 0 Å². The van der Waals surface area contributed by atoms with E-state index in [2.05, 4.69) is 0 Å². The molecular weight excluding hydrogens is 180 g/mol. The first-order valence-corrected chi connectivity index (χ1v) is 5.27. The molecule has 1 aliphatic heterocycles. The van der Waals surface area contributed by atoms with Crippen LogP contribution in [-0.4, -0.2) is 42.6 Å². The second-order valence-electron chi connectivity index (χ2n) is 4.41. The van der Waals surface area contributed by atoms with E-state index in [-0.39, 0.29) is 12.0 Å². The van der Waals surface area contributed by atoms with E-state index in [4.69, 9.17) is 10.5 Å². The highest BCUT2D eigenvalue weighted by Gasteiger charge is 2.44. The molecule has 4 heteroatoms. The molecule has 1 saturated heterocycles. The maximum absolute atomic E-state index is 12.0. The lowest BCUT2D eigenvalue weighted by atomic mass is 9.76. The van der Waals surface area contributed by atoms with Crippen LogP contribution in [0.1, 0.15) is 25.7 Å². The van der Waals surface area contributed by atoms with Gasteiger partial charge >= 0.3 is 0 Å². The van der Waals surface area contributed by atoms with Crippen molar-refractivity contribution in [1.29, 1.82) is 0 Å². The first-order chi connectivity index (χ1) is 6.65. The Balaban J connectivity index is 1.93. The summed E-state index contributed by atoms with van der Waals surface area (Å²) >= 11 is 0. The average molecular weight is 198 g/mol. The van der Waals surface area contributed by atoms with Crippen molar-refractivity contribution in [3.8, 4) is 0 Å². The van der Waals surface area contributed by atoms with Crippen LogP contribution in [0, 0.1) is 0 Å². The quantitative estimate of drug-likeness (QED) is 0.685. The number of ether oxygens (including phenoxy) is 1.